The van der Waals surface area contributed by atoms with Crippen molar-refractivity contribution in [2.24, 2.45) is 11.8 Å². The van der Waals surface area contributed by atoms with Crippen LogP contribution in [-0.2, 0) is 0 Å². The lowest BCUT2D eigenvalue weighted by Crippen LogP contribution is -2.35. The predicted octanol–water partition coefficient (Wildman–Crippen LogP) is 3.42. The minimum absolute atomic E-state index is 0.802. The van der Waals surface area contributed by atoms with Gasteiger partial charge in [0.25, 0.3) is 0 Å². The van der Waals surface area contributed by atoms with Crippen LogP contribution in [-0.4, -0.2) is 23.1 Å². The van der Waals surface area contributed by atoms with Gasteiger partial charge in [0.15, 0.2) is 0 Å². The average Bonchev–Trinajstić information content (AvgIpc) is 2.28. The van der Waals surface area contributed by atoms with Crippen molar-refractivity contribution in [3.8, 4) is 0 Å². The third-order valence-electron chi connectivity index (χ3n) is 3.60. The molecule has 0 saturated carbocycles. The maximum atomic E-state index is 4.51. The maximum absolute atomic E-state index is 4.51. The van der Waals surface area contributed by atoms with Crippen LogP contribution in [0, 0.1) is 18.8 Å². The molecule has 0 atom stereocenters. The molecule has 4 heteroatoms. The van der Waals surface area contributed by atoms with E-state index in [0.717, 1.165) is 41.2 Å². The third-order valence-corrected chi connectivity index (χ3v) is 4.01. The first kappa shape index (κ1) is 12.8. The van der Waals surface area contributed by atoms with Crippen LogP contribution in [0.15, 0.2) is 10.7 Å². The molecule has 0 bridgehead atoms. The van der Waals surface area contributed by atoms with Gasteiger partial charge in [-0.15, -0.1) is 0 Å². The lowest BCUT2D eigenvalue weighted by molar-refractivity contribution is 0.310. The number of hydrogen-bond acceptors (Lipinski definition) is 3. The van der Waals surface area contributed by atoms with Crippen LogP contribution in [0.2, 0.25) is 0 Å². The first-order valence-electron chi connectivity index (χ1n) is 6.32. The van der Waals surface area contributed by atoms with Crippen molar-refractivity contribution in [3.05, 3.63) is 16.5 Å². The van der Waals surface area contributed by atoms with Crippen LogP contribution in [0.1, 0.15) is 32.5 Å². The molecule has 0 spiro atoms. The van der Waals surface area contributed by atoms with Gasteiger partial charge in [-0.3, -0.25) is 0 Å². The van der Waals surface area contributed by atoms with Crippen LogP contribution < -0.4 is 4.90 Å². The second kappa shape index (κ2) is 5.34. The Bertz CT molecular complexity index is 364. The lowest BCUT2D eigenvalue weighted by Gasteiger charge is -2.34. The number of nitrogens with zero attached hydrogens (tertiary/aromatic N) is 3. The van der Waals surface area contributed by atoms with Crippen molar-refractivity contribution >= 4 is 21.7 Å². The highest BCUT2D eigenvalue weighted by Gasteiger charge is 2.22. The van der Waals surface area contributed by atoms with Gasteiger partial charge in [-0.05, 0) is 47.5 Å². The van der Waals surface area contributed by atoms with Gasteiger partial charge in [0.2, 0.25) is 0 Å². The van der Waals surface area contributed by atoms with Gasteiger partial charge in [-0.2, -0.15) is 0 Å². The zero-order valence-electron chi connectivity index (χ0n) is 10.8. The lowest BCUT2D eigenvalue weighted by atomic mass is 9.87. The number of halogens is 1. The molecule has 0 unspecified atom stereocenters. The number of aromatic nitrogens is 2. The first-order valence-corrected chi connectivity index (χ1v) is 7.11. The molecule has 0 aromatic carbocycles. The van der Waals surface area contributed by atoms with E-state index in [2.05, 4.69) is 44.6 Å². The van der Waals surface area contributed by atoms with E-state index < -0.39 is 0 Å². The number of aryl methyl sites for hydroxylation is 1. The molecule has 0 aliphatic carbocycles. The van der Waals surface area contributed by atoms with Crippen molar-refractivity contribution in [1.82, 2.24) is 9.97 Å². The standard InChI is InChI=1S/C13H20BrN3/c1-9(2)11-4-6-17(7-5-11)13-8-12(14)15-10(3)16-13/h8-9,11H,4-7H2,1-3H3. The van der Waals surface area contributed by atoms with Crippen molar-refractivity contribution in [1.29, 1.82) is 0 Å². The van der Waals surface area contributed by atoms with Gasteiger partial charge in [-0.25, -0.2) is 9.97 Å². The van der Waals surface area contributed by atoms with Crippen LogP contribution in [0.3, 0.4) is 0 Å². The Labute approximate surface area is 112 Å². The van der Waals surface area contributed by atoms with E-state index in [9.17, 15) is 0 Å². The Morgan fingerprint density at radius 1 is 1.29 bits per heavy atom. The molecule has 94 valence electrons. The minimum atomic E-state index is 0.802. The van der Waals surface area contributed by atoms with Crippen molar-refractivity contribution in [3.63, 3.8) is 0 Å². The van der Waals surface area contributed by atoms with Crippen LogP contribution in [0.4, 0.5) is 5.82 Å². The summed E-state index contributed by atoms with van der Waals surface area (Å²) in [6.45, 7) is 8.82. The second-order valence-electron chi connectivity index (χ2n) is 5.16. The van der Waals surface area contributed by atoms with Gasteiger partial charge >= 0.3 is 0 Å². The number of anilines is 1. The molecular formula is C13H20BrN3. The number of rotatable bonds is 2. The summed E-state index contributed by atoms with van der Waals surface area (Å²) in [4.78, 5) is 11.1. The number of piperidine rings is 1. The number of hydrogen-bond donors (Lipinski definition) is 0. The fourth-order valence-electron chi connectivity index (χ4n) is 2.47. The maximum Gasteiger partial charge on any atom is 0.133 e. The van der Waals surface area contributed by atoms with Gasteiger partial charge in [-0.1, -0.05) is 13.8 Å². The molecule has 17 heavy (non-hydrogen) atoms. The van der Waals surface area contributed by atoms with E-state index in [0.29, 0.717) is 0 Å². The fourth-order valence-corrected chi connectivity index (χ4v) is 2.94. The largest absolute Gasteiger partial charge is 0.356 e. The molecule has 1 aromatic heterocycles. The average molecular weight is 298 g/mol. The molecule has 1 aliphatic heterocycles. The van der Waals surface area contributed by atoms with Crippen LogP contribution in [0.5, 0.6) is 0 Å². The van der Waals surface area contributed by atoms with Crippen molar-refractivity contribution < 1.29 is 0 Å². The SMILES string of the molecule is Cc1nc(Br)cc(N2CCC(C(C)C)CC2)n1. The predicted molar refractivity (Wildman–Crippen MR) is 74.2 cm³/mol. The molecule has 1 saturated heterocycles. The first-order chi connectivity index (χ1) is 8.06. The molecule has 2 rings (SSSR count). The molecule has 1 aromatic rings. The van der Waals surface area contributed by atoms with E-state index >= 15 is 0 Å². The Morgan fingerprint density at radius 2 is 1.94 bits per heavy atom. The molecule has 3 nitrogen and oxygen atoms in total. The van der Waals surface area contributed by atoms with Gasteiger partial charge in [0.1, 0.15) is 16.2 Å². The Morgan fingerprint density at radius 3 is 2.47 bits per heavy atom. The van der Waals surface area contributed by atoms with E-state index in [1.807, 2.05) is 13.0 Å². The summed E-state index contributed by atoms with van der Waals surface area (Å²) in [5.41, 5.74) is 0. The Kier molecular flexibility index (Phi) is 4.02. The van der Waals surface area contributed by atoms with Crippen LogP contribution >= 0.6 is 15.9 Å². The zero-order valence-corrected chi connectivity index (χ0v) is 12.4. The molecule has 1 fully saturated rings. The van der Waals surface area contributed by atoms with Gasteiger partial charge in [0, 0.05) is 19.2 Å². The molecule has 0 amide bonds. The van der Waals surface area contributed by atoms with Crippen molar-refractivity contribution in [2.45, 2.75) is 33.6 Å². The summed E-state index contributed by atoms with van der Waals surface area (Å²) in [5.74, 6) is 3.57. The smallest absolute Gasteiger partial charge is 0.133 e. The normalized spacial score (nSPS) is 17.8. The van der Waals surface area contributed by atoms with Gasteiger partial charge < -0.3 is 4.90 Å². The van der Waals surface area contributed by atoms with Crippen LogP contribution in [0.25, 0.3) is 0 Å². The monoisotopic (exact) mass is 297 g/mol. The summed E-state index contributed by atoms with van der Waals surface area (Å²) in [6.07, 6.45) is 2.55. The minimum Gasteiger partial charge on any atom is -0.356 e. The second-order valence-corrected chi connectivity index (χ2v) is 5.98. The quantitative estimate of drug-likeness (QED) is 0.783. The molecule has 1 aliphatic rings. The Balaban J connectivity index is 2.05. The highest BCUT2D eigenvalue weighted by molar-refractivity contribution is 9.10. The molecule has 2 heterocycles. The Hall–Kier alpha value is -0.640. The van der Waals surface area contributed by atoms with E-state index in [4.69, 9.17) is 0 Å². The van der Waals surface area contributed by atoms with E-state index in [1.165, 1.54) is 12.8 Å². The summed E-state index contributed by atoms with van der Waals surface area (Å²) < 4.78 is 0.881. The highest BCUT2D eigenvalue weighted by Crippen LogP contribution is 2.27. The zero-order chi connectivity index (χ0) is 12.4. The molecule has 0 radical (unpaired) electrons. The summed E-state index contributed by atoms with van der Waals surface area (Å²) in [5, 5.41) is 0. The van der Waals surface area contributed by atoms with E-state index in [1.54, 1.807) is 0 Å². The topological polar surface area (TPSA) is 29.0 Å². The van der Waals surface area contributed by atoms with Crippen molar-refractivity contribution in [2.75, 3.05) is 18.0 Å². The summed E-state index contributed by atoms with van der Waals surface area (Å²) >= 11 is 3.44. The van der Waals surface area contributed by atoms with Gasteiger partial charge in [0.05, 0.1) is 0 Å². The summed E-state index contributed by atoms with van der Waals surface area (Å²) in [6, 6.07) is 2.02. The molecule has 0 N–H and O–H groups in total. The molecular weight excluding hydrogens is 278 g/mol. The third kappa shape index (κ3) is 3.18. The fraction of sp³-hybridized carbons (Fsp3) is 0.692. The van der Waals surface area contributed by atoms with E-state index in [-0.39, 0.29) is 0 Å². The highest BCUT2D eigenvalue weighted by atomic mass is 79.9. The summed E-state index contributed by atoms with van der Waals surface area (Å²) in [7, 11) is 0.